The van der Waals surface area contributed by atoms with Crippen molar-refractivity contribution in [2.75, 3.05) is 0 Å². The van der Waals surface area contributed by atoms with E-state index in [-0.39, 0.29) is 12.8 Å². The molecule has 1 unspecified atom stereocenters. The molecule has 1 atom stereocenters. The fraction of sp³-hybridized carbons (Fsp3) is 1.00. The van der Waals surface area contributed by atoms with Gasteiger partial charge in [-0.1, -0.05) is 19.3 Å². The fourth-order valence-corrected chi connectivity index (χ4v) is 3.33. The van der Waals surface area contributed by atoms with Crippen molar-refractivity contribution in [3.8, 4) is 0 Å². The van der Waals surface area contributed by atoms with Crippen molar-refractivity contribution in [1.29, 1.82) is 0 Å². The minimum atomic E-state index is -6.16. The van der Waals surface area contributed by atoms with E-state index >= 15 is 0 Å². The molecule has 0 aromatic rings. The highest BCUT2D eigenvalue weighted by Crippen LogP contribution is 2.47. The van der Waals surface area contributed by atoms with E-state index in [1.165, 1.54) is 0 Å². The number of hydrogen-bond acceptors (Lipinski definition) is 1. The van der Waals surface area contributed by atoms with Crippen molar-refractivity contribution in [2.45, 2.75) is 107 Å². The molecule has 0 radical (unpaired) electrons. The van der Waals surface area contributed by atoms with Crippen molar-refractivity contribution in [1.82, 2.24) is 0 Å². The molecule has 0 aliphatic carbocycles. The van der Waals surface area contributed by atoms with Gasteiger partial charge in [-0.15, -0.1) is 0 Å². The normalized spacial score (nSPS) is 15.2. The van der Waals surface area contributed by atoms with Gasteiger partial charge in [-0.2, -0.15) is 61.5 Å². The van der Waals surface area contributed by atoms with Gasteiger partial charge in [0.05, 0.1) is 0 Å². The molecule has 4 nitrogen and oxygen atoms in total. The van der Waals surface area contributed by atoms with Crippen LogP contribution in [0.3, 0.4) is 0 Å². The third-order valence-corrected chi connectivity index (χ3v) is 5.25. The minimum absolute atomic E-state index is 0.375. The highest BCUT2D eigenvalue weighted by atomic mass is 31.2. The highest BCUT2D eigenvalue weighted by Gasteiger charge is 2.62. The topological polar surface area (TPSA) is 77.8 Å². The Labute approximate surface area is 206 Å². The van der Waals surface area contributed by atoms with Crippen molar-refractivity contribution in [2.24, 2.45) is 5.41 Å². The largest absolute Gasteiger partial charge is 0.466 e. The second-order valence-corrected chi connectivity index (χ2v) is 9.57. The molecule has 232 valence electrons. The molecular formula is C18H26F15O4P. The first-order valence-electron chi connectivity index (χ1n) is 10.6. The van der Waals surface area contributed by atoms with Crippen LogP contribution >= 0.6 is 7.82 Å². The molecule has 0 heterocycles. The summed E-state index contributed by atoms with van der Waals surface area (Å²) in [5, 5.41) is 0. The zero-order valence-electron chi connectivity index (χ0n) is 19.2. The first kappa shape index (κ1) is 39.2. The van der Waals surface area contributed by atoms with Gasteiger partial charge in [-0.05, 0) is 37.5 Å². The molecule has 0 amide bonds. The van der Waals surface area contributed by atoms with E-state index in [2.05, 4.69) is 0 Å². The zero-order valence-corrected chi connectivity index (χ0v) is 20.1. The number of hydrogen-bond donors (Lipinski definition) is 3. The van der Waals surface area contributed by atoms with Crippen LogP contribution in [0.5, 0.6) is 0 Å². The van der Waals surface area contributed by atoms with Gasteiger partial charge in [-0.25, -0.2) is 8.96 Å². The van der Waals surface area contributed by atoms with Gasteiger partial charge in [0.2, 0.25) is 0 Å². The van der Waals surface area contributed by atoms with Gasteiger partial charge < -0.3 is 14.7 Å². The Morgan fingerprint density at radius 3 is 1.11 bits per heavy atom. The molecule has 3 N–H and O–H groups in total. The summed E-state index contributed by atoms with van der Waals surface area (Å²) < 4.78 is 198. The van der Waals surface area contributed by atoms with Crippen molar-refractivity contribution < 1.29 is 85.1 Å². The lowest BCUT2D eigenvalue weighted by atomic mass is 9.71. The molecule has 0 rings (SSSR count). The monoisotopic (exact) mass is 622 g/mol. The highest BCUT2D eigenvalue weighted by molar-refractivity contribution is 7.45. The summed E-state index contributed by atoms with van der Waals surface area (Å²) in [5.41, 5.74) is -2.05. The second kappa shape index (κ2) is 14.6. The van der Waals surface area contributed by atoms with Crippen molar-refractivity contribution in [3.63, 3.8) is 0 Å². The SMILES string of the molecule is FC(CCCCCC(CCC(F)(F)F)(CCC(F)(F)F)CCC(F)(F)F)C(F)(F)C(F)(F)F.O=P(O)(O)O. The van der Waals surface area contributed by atoms with Crippen LogP contribution in [0.25, 0.3) is 0 Å². The standard InChI is InChI=1S/C18H23F15.H3O4P/c19-12(17(29,30)18(31,32)33)4-2-1-3-5-13(6-9-14(20,21)22,7-10-15(23,24)25)8-11-16(26,27)28;1-5(2,3)4/h12H,1-11H2;(H3,1,2,3,4). The molecule has 0 saturated heterocycles. The van der Waals surface area contributed by atoms with Crippen LogP contribution in [0.1, 0.15) is 70.6 Å². The maximum Gasteiger partial charge on any atom is 0.466 e. The summed E-state index contributed by atoms with van der Waals surface area (Å²) >= 11 is 0. The predicted octanol–water partition coefficient (Wildman–Crippen LogP) is 8.56. The summed E-state index contributed by atoms with van der Waals surface area (Å²) in [4.78, 5) is 21.6. The van der Waals surface area contributed by atoms with E-state index in [4.69, 9.17) is 19.2 Å². The predicted molar refractivity (Wildman–Crippen MR) is 102 cm³/mol. The smallest absolute Gasteiger partial charge is 0.303 e. The maximum absolute atomic E-state index is 13.2. The van der Waals surface area contributed by atoms with Crippen LogP contribution in [0.2, 0.25) is 0 Å². The Hall–Kier alpha value is -0.940. The van der Waals surface area contributed by atoms with Crippen LogP contribution in [0, 0.1) is 5.41 Å². The van der Waals surface area contributed by atoms with Gasteiger partial charge in [-0.3, -0.25) is 0 Å². The van der Waals surface area contributed by atoms with Gasteiger partial charge in [0.25, 0.3) is 0 Å². The maximum atomic E-state index is 13.2. The Morgan fingerprint density at radius 1 is 0.526 bits per heavy atom. The van der Waals surface area contributed by atoms with Crippen LogP contribution in [-0.4, -0.2) is 51.5 Å². The van der Waals surface area contributed by atoms with E-state index in [0.29, 0.717) is 0 Å². The molecule has 38 heavy (non-hydrogen) atoms. The molecule has 20 heteroatoms. The minimum Gasteiger partial charge on any atom is -0.303 e. The van der Waals surface area contributed by atoms with E-state index < -0.39 is 108 Å². The first-order valence-corrected chi connectivity index (χ1v) is 12.1. The molecule has 0 aromatic heterocycles. The van der Waals surface area contributed by atoms with E-state index in [9.17, 15) is 65.9 Å². The molecule has 0 aliphatic heterocycles. The second-order valence-electron chi connectivity index (χ2n) is 8.55. The molecular weight excluding hydrogens is 596 g/mol. The number of phosphoric acid groups is 1. The van der Waals surface area contributed by atoms with E-state index in [1.54, 1.807) is 0 Å². The lowest BCUT2D eigenvalue weighted by Gasteiger charge is -2.35. The fourth-order valence-electron chi connectivity index (χ4n) is 3.33. The van der Waals surface area contributed by atoms with Crippen LogP contribution in [0.4, 0.5) is 65.9 Å². The quantitative estimate of drug-likeness (QED) is 0.109. The van der Waals surface area contributed by atoms with E-state index in [1.807, 2.05) is 0 Å². The Balaban J connectivity index is 0. The molecule has 0 bridgehead atoms. The lowest BCUT2D eigenvalue weighted by Crippen LogP contribution is -2.44. The number of unbranched alkanes of at least 4 members (excludes halogenated alkanes) is 2. The number of rotatable bonds is 13. The summed E-state index contributed by atoms with van der Waals surface area (Å²) in [6.07, 6.45) is -35.8. The Morgan fingerprint density at radius 2 is 0.842 bits per heavy atom. The average Bonchev–Trinajstić information content (AvgIpc) is 2.64. The van der Waals surface area contributed by atoms with E-state index in [0.717, 1.165) is 0 Å². The molecule has 0 aliphatic rings. The van der Waals surface area contributed by atoms with Gasteiger partial charge in [0.1, 0.15) is 0 Å². The summed E-state index contributed by atoms with van der Waals surface area (Å²) in [7, 11) is -4.64. The Bertz CT molecular complexity index is 657. The number of alkyl halides is 15. The lowest BCUT2D eigenvalue weighted by molar-refractivity contribution is -0.303. The van der Waals surface area contributed by atoms with Crippen molar-refractivity contribution >= 4 is 7.82 Å². The van der Waals surface area contributed by atoms with Gasteiger partial charge in [0, 0.05) is 19.3 Å². The molecule has 0 fully saturated rings. The Kier molecular flexibility index (Phi) is 15.1. The average molecular weight is 622 g/mol. The van der Waals surface area contributed by atoms with Gasteiger partial charge in [0.15, 0.2) is 6.17 Å². The number of halogens is 15. The van der Waals surface area contributed by atoms with Crippen LogP contribution < -0.4 is 0 Å². The zero-order chi connectivity index (χ0) is 30.9. The van der Waals surface area contributed by atoms with Crippen LogP contribution in [0.15, 0.2) is 0 Å². The molecule has 0 aromatic carbocycles. The summed E-state index contributed by atoms with van der Waals surface area (Å²) in [5.74, 6) is -5.65. The molecule has 0 spiro atoms. The van der Waals surface area contributed by atoms with Gasteiger partial charge >= 0.3 is 38.5 Å². The summed E-state index contributed by atoms with van der Waals surface area (Å²) in [6, 6.07) is 0. The molecule has 0 saturated carbocycles. The third kappa shape index (κ3) is 21.0. The van der Waals surface area contributed by atoms with Crippen LogP contribution in [-0.2, 0) is 4.57 Å². The first-order chi connectivity index (χ1) is 16.5. The summed E-state index contributed by atoms with van der Waals surface area (Å²) in [6.45, 7) is 0. The van der Waals surface area contributed by atoms with Crippen molar-refractivity contribution in [3.05, 3.63) is 0 Å². The third-order valence-electron chi connectivity index (χ3n) is 5.25.